The summed E-state index contributed by atoms with van der Waals surface area (Å²) in [6.07, 6.45) is 0. The summed E-state index contributed by atoms with van der Waals surface area (Å²) in [5.41, 5.74) is 6.27. The van der Waals surface area contributed by atoms with E-state index in [4.69, 9.17) is 10.5 Å². The lowest BCUT2D eigenvalue weighted by Crippen LogP contribution is -2.16. The summed E-state index contributed by atoms with van der Waals surface area (Å²) in [5.74, 6) is 0.355. The molecule has 2 rings (SSSR count). The fourth-order valence-electron chi connectivity index (χ4n) is 1.27. The number of nitrogens with zero attached hydrogens (tertiary/aromatic N) is 1. The molecule has 1 aliphatic heterocycles. The normalized spacial score (nSPS) is 17.8. The summed E-state index contributed by atoms with van der Waals surface area (Å²) in [4.78, 5) is 3.61. The topological polar surface area (TPSA) is 81.8 Å². The van der Waals surface area contributed by atoms with Crippen LogP contribution in [0.15, 0.2) is 40.5 Å². The molecule has 0 aliphatic carbocycles. The third kappa shape index (κ3) is 2.06. The average molecular weight is 238 g/mol. The number of benzene rings is 1. The van der Waals surface area contributed by atoms with E-state index in [1.54, 1.807) is 18.2 Å². The van der Waals surface area contributed by atoms with Gasteiger partial charge in [-0.05, 0) is 24.6 Å². The third-order valence-corrected chi connectivity index (χ3v) is 3.15. The van der Waals surface area contributed by atoms with Crippen molar-refractivity contribution in [2.45, 2.75) is 6.92 Å². The predicted molar refractivity (Wildman–Crippen MR) is 60.4 cm³/mol. The Morgan fingerprint density at radius 1 is 1.38 bits per heavy atom. The molecule has 0 spiro atoms. The highest BCUT2D eigenvalue weighted by atomic mass is 32.2. The first-order chi connectivity index (χ1) is 7.47. The minimum Gasteiger partial charge on any atom is -0.430 e. The summed E-state index contributed by atoms with van der Waals surface area (Å²) in [5, 5.41) is 0.494. The van der Waals surface area contributed by atoms with Gasteiger partial charge in [0.25, 0.3) is 9.84 Å². The Bertz CT molecular complexity index is 588. The molecule has 0 saturated carbocycles. The van der Waals surface area contributed by atoms with Gasteiger partial charge >= 0.3 is 5.23 Å². The number of hydrogen-bond acceptors (Lipinski definition) is 5. The van der Waals surface area contributed by atoms with Gasteiger partial charge in [0.1, 0.15) is 11.6 Å². The van der Waals surface area contributed by atoms with Crippen molar-refractivity contribution in [3.05, 3.63) is 41.1 Å². The van der Waals surface area contributed by atoms with E-state index in [1.165, 1.54) is 0 Å². The number of aliphatic imine (C=N–C) groups is 1. The number of sulfone groups is 1. The molecule has 2 N–H and O–H groups in total. The molecule has 1 aliphatic rings. The van der Waals surface area contributed by atoms with E-state index < -0.39 is 9.84 Å². The Balaban J connectivity index is 2.28. The Labute approximate surface area is 93.2 Å². The van der Waals surface area contributed by atoms with Crippen molar-refractivity contribution in [1.82, 2.24) is 0 Å². The number of ether oxygens (including phenoxy) is 1. The van der Waals surface area contributed by atoms with E-state index in [2.05, 4.69) is 4.99 Å². The molecule has 0 unspecified atom stereocenters. The third-order valence-electron chi connectivity index (χ3n) is 1.93. The maximum Gasteiger partial charge on any atom is 0.321 e. The second kappa shape index (κ2) is 3.64. The second-order valence-corrected chi connectivity index (χ2v) is 5.06. The molecule has 1 aromatic rings. The van der Waals surface area contributed by atoms with E-state index in [0.29, 0.717) is 5.75 Å². The summed E-state index contributed by atoms with van der Waals surface area (Å²) in [6, 6.07) is 7.01. The highest BCUT2D eigenvalue weighted by molar-refractivity contribution is 8.08. The first-order valence-electron chi connectivity index (χ1n) is 4.53. The van der Waals surface area contributed by atoms with Gasteiger partial charge in [-0.25, -0.2) is 8.42 Å². The van der Waals surface area contributed by atoms with Gasteiger partial charge in [0.05, 0.1) is 5.41 Å². The molecule has 0 amide bonds. The van der Waals surface area contributed by atoms with Gasteiger partial charge < -0.3 is 10.5 Å². The lowest BCUT2D eigenvalue weighted by molar-refractivity contribution is 0.549. The summed E-state index contributed by atoms with van der Waals surface area (Å²) >= 11 is 0. The van der Waals surface area contributed by atoms with Gasteiger partial charge in [0.2, 0.25) is 0 Å². The van der Waals surface area contributed by atoms with Crippen LogP contribution in [0.4, 0.5) is 0 Å². The van der Waals surface area contributed by atoms with Gasteiger partial charge in [0.15, 0.2) is 0 Å². The zero-order valence-corrected chi connectivity index (χ0v) is 9.36. The maximum absolute atomic E-state index is 11.4. The minimum absolute atomic E-state index is 0.0670. The van der Waals surface area contributed by atoms with Crippen LogP contribution in [0.5, 0.6) is 5.75 Å². The van der Waals surface area contributed by atoms with Gasteiger partial charge in [-0.1, -0.05) is 12.1 Å². The zero-order chi connectivity index (χ0) is 11.8. The Morgan fingerprint density at radius 2 is 2.12 bits per heavy atom. The molecule has 0 fully saturated rings. The first kappa shape index (κ1) is 10.7. The molecule has 0 atom stereocenters. The van der Waals surface area contributed by atoms with Crippen molar-refractivity contribution < 1.29 is 13.2 Å². The van der Waals surface area contributed by atoms with Gasteiger partial charge in [0, 0.05) is 0 Å². The summed E-state index contributed by atoms with van der Waals surface area (Å²) in [7, 11) is -3.61. The molecule has 6 heteroatoms. The summed E-state index contributed by atoms with van der Waals surface area (Å²) in [6.45, 7) is 1.88. The van der Waals surface area contributed by atoms with Crippen LogP contribution in [0, 0.1) is 6.92 Å². The predicted octanol–water partition coefficient (Wildman–Crippen LogP) is 0.916. The van der Waals surface area contributed by atoms with Gasteiger partial charge in [-0.2, -0.15) is 4.99 Å². The highest BCUT2D eigenvalue weighted by Gasteiger charge is 2.26. The van der Waals surface area contributed by atoms with Crippen LogP contribution >= 0.6 is 0 Å². The lowest BCUT2D eigenvalue weighted by Gasteiger charge is -2.04. The lowest BCUT2D eigenvalue weighted by atomic mass is 10.2. The molecule has 1 aromatic carbocycles. The molecule has 84 valence electrons. The Kier molecular flexibility index (Phi) is 2.43. The monoisotopic (exact) mass is 238 g/mol. The number of rotatable bonds is 1. The van der Waals surface area contributed by atoms with Crippen molar-refractivity contribution in [3.63, 3.8) is 0 Å². The smallest absolute Gasteiger partial charge is 0.321 e. The Morgan fingerprint density at radius 3 is 2.69 bits per heavy atom. The van der Waals surface area contributed by atoms with E-state index in [-0.39, 0.29) is 11.1 Å². The molecule has 16 heavy (non-hydrogen) atoms. The summed E-state index contributed by atoms with van der Waals surface area (Å²) < 4.78 is 28.1. The second-order valence-electron chi connectivity index (χ2n) is 3.38. The molecule has 0 saturated heterocycles. The van der Waals surface area contributed by atoms with Crippen LogP contribution in [0.25, 0.3) is 0 Å². The van der Waals surface area contributed by atoms with E-state index >= 15 is 0 Å². The standard InChI is InChI=1S/C10H10N2O3S/c1-7-3-2-4-8(5-7)15-10-12-9(11)6-16(10,13)14/h2-6H,11H2,1H3. The van der Waals surface area contributed by atoms with Crippen LogP contribution < -0.4 is 10.5 Å². The van der Waals surface area contributed by atoms with E-state index in [0.717, 1.165) is 11.0 Å². The SMILES string of the molecule is Cc1cccc(OC2=NC(N)=CS2(=O)=O)c1. The molecule has 0 aromatic heterocycles. The van der Waals surface area contributed by atoms with E-state index in [1.807, 2.05) is 13.0 Å². The van der Waals surface area contributed by atoms with Crippen molar-refractivity contribution in [2.24, 2.45) is 10.7 Å². The molecule has 0 radical (unpaired) electrons. The van der Waals surface area contributed by atoms with Crippen LogP contribution in [0.2, 0.25) is 0 Å². The minimum atomic E-state index is -3.61. The highest BCUT2D eigenvalue weighted by Crippen LogP contribution is 2.18. The maximum atomic E-state index is 11.4. The largest absolute Gasteiger partial charge is 0.430 e. The fraction of sp³-hybridized carbons (Fsp3) is 0.100. The van der Waals surface area contributed by atoms with E-state index in [9.17, 15) is 8.42 Å². The average Bonchev–Trinajstić information content (AvgIpc) is 2.39. The van der Waals surface area contributed by atoms with Crippen molar-refractivity contribution in [1.29, 1.82) is 0 Å². The van der Waals surface area contributed by atoms with Crippen molar-refractivity contribution >= 4 is 15.1 Å². The molecular weight excluding hydrogens is 228 g/mol. The molecule has 1 heterocycles. The van der Waals surface area contributed by atoms with Crippen molar-refractivity contribution in [2.75, 3.05) is 0 Å². The quantitative estimate of drug-likeness (QED) is 0.788. The van der Waals surface area contributed by atoms with Crippen LogP contribution in [0.3, 0.4) is 0 Å². The molecule has 0 bridgehead atoms. The molecule has 5 nitrogen and oxygen atoms in total. The fourth-order valence-corrected chi connectivity index (χ4v) is 2.18. The Hall–Kier alpha value is -1.82. The van der Waals surface area contributed by atoms with Crippen LogP contribution in [-0.4, -0.2) is 13.6 Å². The zero-order valence-electron chi connectivity index (χ0n) is 8.54. The van der Waals surface area contributed by atoms with Crippen LogP contribution in [0.1, 0.15) is 5.56 Å². The van der Waals surface area contributed by atoms with Crippen LogP contribution in [-0.2, 0) is 9.84 Å². The van der Waals surface area contributed by atoms with Gasteiger partial charge in [-0.15, -0.1) is 0 Å². The number of aryl methyl sites for hydroxylation is 1. The van der Waals surface area contributed by atoms with Gasteiger partial charge in [-0.3, -0.25) is 0 Å². The molecular formula is C10H10N2O3S. The van der Waals surface area contributed by atoms with Crippen molar-refractivity contribution in [3.8, 4) is 5.75 Å². The first-order valence-corrected chi connectivity index (χ1v) is 6.07. The number of hydrogen-bond donors (Lipinski definition) is 1. The number of nitrogens with two attached hydrogens (primary N) is 1.